The van der Waals surface area contributed by atoms with Crippen LogP contribution in [0, 0.1) is 0 Å². The molecular weight excluding hydrogens is 168 g/mol. The highest BCUT2D eigenvalue weighted by atomic mass is 28.3. The number of hydrogen-bond acceptors (Lipinski definition) is 2. The second-order valence-electron chi connectivity index (χ2n) is 2.72. The highest BCUT2D eigenvalue weighted by Gasteiger charge is 2.13. The van der Waals surface area contributed by atoms with E-state index in [9.17, 15) is 0 Å². The van der Waals surface area contributed by atoms with E-state index in [4.69, 9.17) is 0 Å². The van der Waals surface area contributed by atoms with Crippen molar-refractivity contribution in [2.75, 3.05) is 0 Å². The molecular formula is C7H10N4Si. The third-order valence-electron chi connectivity index (χ3n) is 1.93. The molecule has 0 bridgehead atoms. The zero-order chi connectivity index (χ0) is 8.39. The number of nitrogens with one attached hydrogen (secondary N) is 2. The Hall–Kier alpha value is -1.36. The van der Waals surface area contributed by atoms with Gasteiger partial charge in [-0.05, 0) is 12.1 Å². The first-order chi connectivity index (χ1) is 5.88. The zero-order valence-electron chi connectivity index (χ0n) is 6.78. The van der Waals surface area contributed by atoms with Crippen LogP contribution in [0.25, 0.3) is 0 Å². The van der Waals surface area contributed by atoms with Crippen LogP contribution in [-0.2, 0) is 0 Å². The van der Waals surface area contributed by atoms with Crippen molar-refractivity contribution < 1.29 is 0 Å². The molecule has 2 heterocycles. The van der Waals surface area contributed by atoms with Gasteiger partial charge in [0, 0.05) is 23.0 Å². The molecule has 0 fully saturated rings. The normalized spacial score (nSPS) is 10.8. The third kappa shape index (κ3) is 1.18. The Morgan fingerprint density at radius 1 is 1.08 bits per heavy atom. The van der Waals surface area contributed by atoms with E-state index in [0.29, 0.717) is 0 Å². The predicted molar refractivity (Wildman–Crippen MR) is 49.5 cm³/mol. The lowest BCUT2D eigenvalue weighted by atomic mass is 10.7. The summed E-state index contributed by atoms with van der Waals surface area (Å²) >= 11 is 0. The van der Waals surface area contributed by atoms with E-state index in [2.05, 4.69) is 26.9 Å². The van der Waals surface area contributed by atoms with E-state index in [1.807, 2.05) is 24.5 Å². The lowest BCUT2D eigenvalue weighted by Crippen LogP contribution is -2.40. The molecule has 12 heavy (non-hydrogen) atoms. The molecule has 2 aromatic rings. The maximum Gasteiger partial charge on any atom is 0.151 e. The molecule has 5 heteroatoms. The number of hydrogen-bond donors (Lipinski definition) is 2. The third-order valence-corrected chi connectivity index (χ3v) is 4.35. The lowest BCUT2D eigenvalue weighted by molar-refractivity contribution is 1.10. The van der Waals surface area contributed by atoms with Crippen LogP contribution in [0.5, 0.6) is 0 Å². The van der Waals surface area contributed by atoms with Gasteiger partial charge in [-0.25, -0.2) is 0 Å². The molecule has 2 aromatic heterocycles. The van der Waals surface area contributed by atoms with Crippen molar-refractivity contribution >= 4 is 19.4 Å². The van der Waals surface area contributed by atoms with Gasteiger partial charge in [0.25, 0.3) is 0 Å². The predicted octanol–water partition coefficient (Wildman–Crippen LogP) is -0.896. The summed E-state index contributed by atoms with van der Waals surface area (Å²) in [5.74, 6) is 0. The van der Waals surface area contributed by atoms with Gasteiger partial charge in [0.05, 0.1) is 0 Å². The smallest absolute Gasteiger partial charge is 0.151 e. The molecule has 4 nitrogen and oxygen atoms in total. The van der Waals surface area contributed by atoms with Crippen molar-refractivity contribution in [1.82, 2.24) is 20.4 Å². The maximum atomic E-state index is 4.15. The molecule has 2 rings (SSSR count). The molecule has 0 atom stereocenters. The van der Waals surface area contributed by atoms with E-state index >= 15 is 0 Å². The van der Waals surface area contributed by atoms with Crippen molar-refractivity contribution in [1.29, 1.82) is 0 Å². The summed E-state index contributed by atoms with van der Waals surface area (Å²) in [6, 6.07) is 4.04. The molecule has 62 valence electrons. The summed E-state index contributed by atoms with van der Waals surface area (Å²) in [6.45, 7) is 2.21. The number of nitrogens with zero attached hydrogens (tertiary/aromatic N) is 2. The van der Waals surface area contributed by atoms with Crippen LogP contribution < -0.4 is 10.6 Å². The Bertz CT molecular complexity index is 292. The quantitative estimate of drug-likeness (QED) is 0.586. The van der Waals surface area contributed by atoms with Crippen LogP contribution in [0.15, 0.2) is 24.5 Å². The number of H-pyrrole nitrogens is 2. The summed E-state index contributed by atoms with van der Waals surface area (Å²) in [7, 11) is -1.11. The Morgan fingerprint density at radius 3 is 1.92 bits per heavy atom. The van der Waals surface area contributed by atoms with Gasteiger partial charge in [-0.1, -0.05) is 6.55 Å². The zero-order valence-corrected chi connectivity index (χ0v) is 7.94. The van der Waals surface area contributed by atoms with E-state index in [1.54, 1.807) is 0 Å². The average Bonchev–Trinajstić information content (AvgIpc) is 2.77. The Labute approximate surface area is 71.6 Å². The summed E-state index contributed by atoms with van der Waals surface area (Å²) < 4.78 is 0. The second-order valence-corrected chi connectivity index (χ2v) is 5.35. The van der Waals surface area contributed by atoms with Gasteiger partial charge in [0.1, 0.15) is 0 Å². The van der Waals surface area contributed by atoms with Crippen LogP contribution in [0.3, 0.4) is 0 Å². The second kappa shape index (κ2) is 2.94. The first-order valence-corrected chi connectivity index (χ1v) is 6.18. The molecule has 0 aliphatic carbocycles. The Kier molecular flexibility index (Phi) is 1.79. The van der Waals surface area contributed by atoms with Crippen LogP contribution >= 0.6 is 0 Å². The van der Waals surface area contributed by atoms with Crippen LogP contribution in [0.2, 0.25) is 6.55 Å². The topological polar surface area (TPSA) is 57.4 Å². The molecule has 0 aliphatic rings. The van der Waals surface area contributed by atoms with Crippen molar-refractivity contribution in [3.63, 3.8) is 0 Å². The van der Waals surface area contributed by atoms with Crippen molar-refractivity contribution in [2.24, 2.45) is 0 Å². The highest BCUT2D eigenvalue weighted by molar-refractivity contribution is 6.82. The molecule has 0 amide bonds. The van der Waals surface area contributed by atoms with Gasteiger partial charge >= 0.3 is 0 Å². The van der Waals surface area contributed by atoms with Gasteiger partial charge in [-0.2, -0.15) is 10.2 Å². The monoisotopic (exact) mass is 178 g/mol. The van der Waals surface area contributed by atoms with Gasteiger partial charge in [0.2, 0.25) is 0 Å². The van der Waals surface area contributed by atoms with Gasteiger partial charge in [-0.3, -0.25) is 10.2 Å². The molecule has 0 saturated heterocycles. The molecule has 0 spiro atoms. The fourth-order valence-electron chi connectivity index (χ4n) is 1.18. The van der Waals surface area contributed by atoms with Crippen molar-refractivity contribution in [2.45, 2.75) is 6.55 Å². The van der Waals surface area contributed by atoms with Gasteiger partial charge in [0.15, 0.2) is 8.80 Å². The molecule has 0 saturated carbocycles. The summed E-state index contributed by atoms with van der Waals surface area (Å²) in [5, 5.41) is 16.3. The highest BCUT2D eigenvalue weighted by Crippen LogP contribution is 1.83. The molecule has 0 radical (unpaired) electrons. The summed E-state index contributed by atoms with van der Waals surface area (Å²) in [5.41, 5.74) is 0. The lowest BCUT2D eigenvalue weighted by Gasteiger charge is -2.00. The Morgan fingerprint density at radius 2 is 1.58 bits per heavy atom. The van der Waals surface area contributed by atoms with Gasteiger partial charge < -0.3 is 0 Å². The van der Waals surface area contributed by atoms with E-state index in [0.717, 1.165) is 10.6 Å². The van der Waals surface area contributed by atoms with Crippen LogP contribution in [0.4, 0.5) is 0 Å². The number of rotatable bonds is 2. The molecule has 2 N–H and O–H groups in total. The van der Waals surface area contributed by atoms with Crippen molar-refractivity contribution in [3.05, 3.63) is 24.5 Å². The maximum absolute atomic E-state index is 4.15. The fourth-order valence-corrected chi connectivity index (χ4v) is 2.79. The summed E-state index contributed by atoms with van der Waals surface area (Å²) in [4.78, 5) is 0. The average molecular weight is 178 g/mol. The van der Waals surface area contributed by atoms with E-state index in [-0.39, 0.29) is 0 Å². The van der Waals surface area contributed by atoms with Gasteiger partial charge in [-0.15, -0.1) is 0 Å². The SMILES string of the molecule is C[SiH](c1cc[nH]n1)c1cc[nH]n1. The molecule has 0 aliphatic heterocycles. The first-order valence-electron chi connectivity index (χ1n) is 3.87. The summed E-state index contributed by atoms with van der Waals surface area (Å²) in [6.07, 6.45) is 3.71. The minimum absolute atomic E-state index is 1.11. The molecule has 0 unspecified atom stereocenters. The largest absolute Gasteiger partial charge is 0.286 e. The number of aromatic nitrogens is 4. The number of aromatic amines is 2. The minimum Gasteiger partial charge on any atom is -0.286 e. The standard InChI is InChI=1S/C7H10N4Si/c1-12(6-2-4-8-10-6)7-3-5-9-11-7/h2-5,12H,1H3,(H,8,10)(H,9,11). The van der Waals surface area contributed by atoms with E-state index < -0.39 is 8.80 Å². The van der Waals surface area contributed by atoms with Crippen molar-refractivity contribution in [3.8, 4) is 0 Å². The van der Waals surface area contributed by atoms with E-state index in [1.165, 1.54) is 0 Å². The molecule has 0 aromatic carbocycles. The first kappa shape index (κ1) is 7.29. The van der Waals surface area contributed by atoms with Crippen LogP contribution in [0.1, 0.15) is 0 Å². The minimum atomic E-state index is -1.11. The Balaban J connectivity index is 2.27. The van der Waals surface area contributed by atoms with Crippen LogP contribution in [-0.4, -0.2) is 29.2 Å². The fraction of sp³-hybridized carbons (Fsp3) is 0.143.